The zero-order valence-corrected chi connectivity index (χ0v) is 27.7. The van der Waals surface area contributed by atoms with Crippen LogP contribution >= 0.6 is 34.5 Å². The molecule has 12 heteroatoms. The number of cyclic esters (lactones) is 1. The van der Waals surface area contributed by atoms with Crippen LogP contribution in [0.25, 0.3) is 0 Å². The number of carbonyl (C=O) groups is 2. The molecule has 4 aromatic rings. The van der Waals surface area contributed by atoms with Gasteiger partial charge in [0.1, 0.15) is 34.8 Å². The number of benzene rings is 2. The highest BCUT2D eigenvalue weighted by Gasteiger charge is 2.36. The number of ether oxygens (including phenoxy) is 4. The van der Waals surface area contributed by atoms with Gasteiger partial charge in [-0.2, -0.15) is 0 Å². The van der Waals surface area contributed by atoms with Crippen LogP contribution in [0.5, 0.6) is 11.5 Å². The van der Waals surface area contributed by atoms with E-state index in [4.69, 9.17) is 42.1 Å². The summed E-state index contributed by atoms with van der Waals surface area (Å²) in [5, 5.41) is 4.30. The largest absolute Gasteiger partial charge is 0.493 e. The fourth-order valence-electron chi connectivity index (χ4n) is 5.83. The van der Waals surface area contributed by atoms with Crippen molar-refractivity contribution in [3.8, 4) is 11.5 Å². The van der Waals surface area contributed by atoms with E-state index in [9.17, 15) is 9.59 Å². The van der Waals surface area contributed by atoms with Gasteiger partial charge < -0.3 is 24.3 Å². The summed E-state index contributed by atoms with van der Waals surface area (Å²) in [6.07, 6.45) is 1.64. The van der Waals surface area contributed by atoms with Crippen LogP contribution in [0, 0.1) is 0 Å². The van der Waals surface area contributed by atoms with Crippen LogP contribution in [0.4, 0.5) is 5.82 Å². The van der Waals surface area contributed by atoms with Crippen molar-refractivity contribution in [3.05, 3.63) is 103 Å². The van der Waals surface area contributed by atoms with Gasteiger partial charge in [0.05, 0.1) is 32.2 Å². The Morgan fingerprint density at radius 2 is 1.76 bits per heavy atom. The van der Waals surface area contributed by atoms with Crippen LogP contribution in [0.1, 0.15) is 56.2 Å². The fraction of sp³-hybridized carbons (Fsp3) is 0.324. The monoisotopic (exact) mass is 682 g/mol. The number of methoxy groups -OCH3 is 2. The van der Waals surface area contributed by atoms with Gasteiger partial charge in [0, 0.05) is 35.9 Å². The van der Waals surface area contributed by atoms with Crippen LogP contribution in [0.15, 0.2) is 66.9 Å². The number of nitrogens with zero attached hydrogens (tertiary/aromatic N) is 1. The molecule has 3 atom stereocenters. The van der Waals surface area contributed by atoms with Gasteiger partial charge in [0.2, 0.25) is 0 Å². The minimum absolute atomic E-state index is 0.158. The number of halogens is 2. The van der Waals surface area contributed by atoms with Crippen molar-refractivity contribution in [1.29, 1.82) is 0 Å². The van der Waals surface area contributed by atoms with Gasteiger partial charge in [-0.3, -0.25) is 9.69 Å². The molecule has 0 amide bonds. The maximum atomic E-state index is 13.6. The number of carbonyl (C=O) groups excluding carboxylic acids is 2. The van der Waals surface area contributed by atoms with E-state index in [1.54, 1.807) is 38.6 Å². The Labute approximate surface area is 281 Å². The summed E-state index contributed by atoms with van der Waals surface area (Å²) in [5.74, 6) is 0.943. The molecule has 0 aliphatic carbocycles. The summed E-state index contributed by atoms with van der Waals surface area (Å²) < 4.78 is 23.1. The highest BCUT2D eigenvalue weighted by Crippen LogP contribution is 2.38. The van der Waals surface area contributed by atoms with E-state index in [-0.39, 0.29) is 31.0 Å². The molecule has 2 aliphatic rings. The van der Waals surface area contributed by atoms with Gasteiger partial charge in [-0.05, 0) is 35.4 Å². The number of hydrogen-bond donors (Lipinski definition) is 1. The molecule has 6 bridgehead atoms. The molecule has 2 aromatic carbocycles. The van der Waals surface area contributed by atoms with E-state index in [1.165, 1.54) is 11.3 Å². The minimum atomic E-state index is -0.752. The average Bonchev–Trinajstić information content (AvgIpc) is 3.74. The van der Waals surface area contributed by atoms with Crippen LogP contribution in [0.3, 0.4) is 0 Å². The molecule has 2 aliphatic heterocycles. The molecular formula is C34H34Cl2N3O6S+. The number of H-pyrrole nitrogens is 1. The molecule has 0 spiro atoms. The van der Waals surface area contributed by atoms with E-state index in [1.807, 2.05) is 47.4 Å². The maximum absolute atomic E-state index is 13.6. The van der Waals surface area contributed by atoms with Gasteiger partial charge in [-0.25, -0.2) is 9.78 Å². The second-order valence-corrected chi connectivity index (χ2v) is 13.1. The normalized spacial score (nSPS) is 20.6. The van der Waals surface area contributed by atoms with E-state index in [2.05, 4.69) is 10.3 Å². The smallest absolute Gasteiger partial charge is 0.348 e. The Morgan fingerprint density at radius 1 is 0.957 bits per heavy atom. The highest BCUT2D eigenvalue weighted by atomic mass is 35.5. The van der Waals surface area contributed by atoms with Crippen LogP contribution < -0.4 is 24.7 Å². The number of anilines is 1. The van der Waals surface area contributed by atoms with Crippen LogP contribution in [-0.4, -0.2) is 45.4 Å². The lowest BCUT2D eigenvalue weighted by molar-refractivity contribution is -0.363. The predicted molar refractivity (Wildman–Crippen MR) is 176 cm³/mol. The van der Waals surface area contributed by atoms with Crippen molar-refractivity contribution >= 4 is 52.3 Å². The first kappa shape index (κ1) is 32.1. The van der Waals surface area contributed by atoms with Crippen molar-refractivity contribution in [2.24, 2.45) is 0 Å². The van der Waals surface area contributed by atoms with Crippen LogP contribution in [0.2, 0.25) is 10.0 Å². The summed E-state index contributed by atoms with van der Waals surface area (Å²) in [4.78, 5) is 33.5. The first-order chi connectivity index (χ1) is 22.3. The van der Waals surface area contributed by atoms with Crippen molar-refractivity contribution in [2.75, 3.05) is 32.2 Å². The maximum Gasteiger partial charge on any atom is 0.348 e. The third kappa shape index (κ3) is 7.10. The molecular weight excluding hydrogens is 649 g/mol. The number of esters is 2. The Balaban J connectivity index is 1.38. The van der Waals surface area contributed by atoms with Gasteiger partial charge in [0.15, 0.2) is 11.5 Å². The molecule has 0 radical (unpaired) electrons. The zero-order chi connectivity index (χ0) is 32.2. The fourth-order valence-corrected chi connectivity index (χ4v) is 7.30. The lowest BCUT2D eigenvalue weighted by Crippen LogP contribution is -2.31. The van der Waals surface area contributed by atoms with E-state index < -0.39 is 12.1 Å². The first-order valence-electron chi connectivity index (χ1n) is 15.0. The number of pyridine rings is 1. The number of nitrogens with one attached hydrogen (secondary N) is 2. The Bertz CT molecular complexity index is 1720. The number of rotatable bonds is 4. The molecule has 1 fully saturated rings. The highest BCUT2D eigenvalue weighted by molar-refractivity contribution is 7.13. The van der Waals surface area contributed by atoms with Gasteiger partial charge in [-0.15, -0.1) is 11.3 Å². The van der Waals surface area contributed by atoms with E-state index >= 15 is 0 Å². The Hall–Kier alpha value is -3.83. The summed E-state index contributed by atoms with van der Waals surface area (Å²) in [6.45, 7) is 1.55. The number of hydrogen-bond acceptors (Lipinski definition) is 9. The summed E-state index contributed by atoms with van der Waals surface area (Å²) in [7, 11) is 3.11. The molecule has 46 heavy (non-hydrogen) atoms. The quantitative estimate of drug-likeness (QED) is 0.248. The lowest BCUT2D eigenvalue weighted by atomic mass is 10.0. The van der Waals surface area contributed by atoms with Crippen molar-refractivity contribution < 1.29 is 33.5 Å². The molecule has 4 heterocycles. The summed E-state index contributed by atoms with van der Waals surface area (Å²) >= 11 is 15.1. The number of thiophene rings is 1. The first-order valence-corrected chi connectivity index (χ1v) is 16.5. The van der Waals surface area contributed by atoms with Gasteiger partial charge in [0.25, 0.3) is 5.82 Å². The van der Waals surface area contributed by atoms with E-state index in [0.717, 1.165) is 10.4 Å². The topological polar surface area (TPSA) is 100 Å². The van der Waals surface area contributed by atoms with Crippen molar-refractivity contribution in [1.82, 2.24) is 5.32 Å². The third-order valence-electron chi connectivity index (χ3n) is 8.23. The molecule has 240 valence electrons. The molecule has 0 saturated carbocycles. The molecule has 1 unspecified atom stereocenters. The number of aromatic nitrogens is 1. The second kappa shape index (κ2) is 14.3. The Kier molecular flexibility index (Phi) is 9.98. The van der Waals surface area contributed by atoms with Crippen LogP contribution in [-0.2, 0) is 27.2 Å². The summed E-state index contributed by atoms with van der Waals surface area (Å²) in [5.41, 5.74) is 2.28. The molecule has 9 nitrogen and oxygen atoms in total. The number of aromatic amines is 1. The van der Waals surface area contributed by atoms with E-state index in [0.29, 0.717) is 69.4 Å². The molecule has 2 aromatic heterocycles. The standard InChI is InChI=1S/C34H33Cl2N3O6S/c1-42-27-10-8-21(14-29(27)43-2)28-15-24-25(35)18-38-33(32(24)36)39-13-12-22(19-39)44-31(40)16-26(20-6-4-3-5-7-20)37-17-23-9-11-30(46-23)34(41)45-28/h3-11,14,18,22,26,28,37H,12-13,15-17,19H2,1-2H3/p+1/t22-,26?,28+/m1/s1. The third-order valence-corrected chi connectivity index (χ3v) is 10.0. The van der Waals surface area contributed by atoms with Crippen molar-refractivity contribution in [2.45, 2.75) is 44.1 Å². The van der Waals surface area contributed by atoms with Crippen molar-refractivity contribution in [3.63, 3.8) is 0 Å². The summed E-state index contributed by atoms with van der Waals surface area (Å²) in [6, 6.07) is 18.6. The SMILES string of the molecule is COc1ccc([C@@H]2Cc3c(Cl)c[nH+]c(c3Cl)N3CC[C@H](C3)OC(=O)CC(c3ccccc3)NCc3ccc(s3)C(=O)O2)cc1OC. The average molecular weight is 684 g/mol. The Morgan fingerprint density at radius 3 is 2.54 bits per heavy atom. The molecule has 1 saturated heterocycles. The minimum Gasteiger partial charge on any atom is -0.493 e. The number of fused-ring (bicyclic) bond motifs is 7. The van der Waals surface area contributed by atoms with Gasteiger partial charge >= 0.3 is 11.9 Å². The zero-order valence-electron chi connectivity index (χ0n) is 25.4. The lowest BCUT2D eigenvalue weighted by Gasteiger charge is -2.21. The predicted octanol–water partition coefficient (Wildman–Crippen LogP) is 6.38. The second-order valence-electron chi connectivity index (χ2n) is 11.2. The molecule has 6 rings (SSSR count). The molecule has 2 N–H and O–H groups in total. The van der Waals surface area contributed by atoms with Gasteiger partial charge in [-0.1, -0.05) is 59.6 Å².